The van der Waals surface area contributed by atoms with E-state index in [9.17, 15) is 10.2 Å². The van der Waals surface area contributed by atoms with Crippen molar-refractivity contribution in [3.05, 3.63) is 0 Å². The van der Waals surface area contributed by atoms with Crippen LogP contribution in [0.2, 0.25) is 0 Å². The molecule has 13 heavy (non-hydrogen) atoms. The zero-order valence-corrected chi connectivity index (χ0v) is 9.76. The first kappa shape index (κ1) is 12.9. The standard InChI is InChI=1S/C11H24O2/c1-10(2,3)8(7-12)9(13)11(4,5)6/h8-9,12-13H,7H2,1-6H3. The van der Waals surface area contributed by atoms with E-state index in [2.05, 4.69) is 0 Å². The molecule has 0 aromatic carbocycles. The molecular formula is C11H24O2. The van der Waals surface area contributed by atoms with Gasteiger partial charge in [-0.25, -0.2) is 0 Å². The highest BCUT2D eigenvalue weighted by Crippen LogP contribution is 2.35. The van der Waals surface area contributed by atoms with Crippen LogP contribution in [-0.4, -0.2) is 22.9 Å². The van der Waals surface area contributed by atoms with Crippen LogP contribution in [-0.2, 0) is 0 Å². The number of aliphatic hydroxyl groups excluding tert-OH is 2. The molecule has 0 saturated carbocycles. The van der Waals surface area contributed by atoms with Crippen molar-refractivity contribution in [3.63, 3.8) is 0 Å². The van der Waals surface area contributed by atoms with Crippen molar-refractivity contribution in [1.82, 2.24) is 0 Å². The summed E-state index contributed by atoms with van der Waals surface area (Å²) >= 11 is 0. The van der Waals surface area contributed by atoms with Crippen LogP contribution in [0.4, 0.5) is 0 Å². The van der Waals surface area contributed by atoms with E-state index in [4.69, 9.17) is 0 Å². The van der Waals surface area contributed by atoms with Gasteiger partial charge in [-0.3, -0.25) is 0 Å². The summed E-state index contributed by atoms with van der Waals surface area (Å²) < 4.78 is 0. The third-order valence-corrected chi connectivity index (χ3v) is 2.58. The molecule has 0 saturated heterocycles. The molecule has 2 N–H and O–H groups in total. The maximum Gasteiger partial charge on any atom is 0.0643 e. The number of rotatable bonds is 2. The average Bonchev–Trinajstić information content (AvgIpc) is 1.83. The van der Waals surface area contributed by atoms with Crippen LogP contribution < -0.4 is 0 Å². The summed E-state index contributed by atoms with van der Waals surface area (Å²) in [5.74, 6) is -0.0625. The molecule has 2 atom stereocenters. The highest BCUT2D eigenvalue weighted by molar-refractivity contribution is 4.86. The number of aliphatic hydroxyl groups is 2. The van der Waals surface area contributed by atoms with Crippen LogP contribution in [0, 0.1) is 16.7 Å². The summed E-state index contributed by atoms with van der Waals surface area (Å²) in [7, 11) is 0. The SMILES string of the molecule is CC(C)(C)C(O)C(CO)C(C)(C)C. The Morgan fingerprint density at radius 2 is 1.31 bits per heavy atom. The topological polar surface area (TPSA) is 40.5 Å². The van der Waals surface area contributed by atoms with Gasteiger partial charge in [0.15, 0.2) is 0 Å². The van der Waals surface area contributed by atoms with Gasteiger partial charge in [-0.05, 0) is 10.8 Å². The van der Waals surface area contributed by atoms with E-state index in [-0.39, 0.29) is 23.4 Å². The maximum atomic E-state index is 10.0. The molecule has 0 aliphatic heterocycles. The van der Waals surface area contributed by atoms with E-state index >= 15 is 0 Å². The normalized spacial score (nSPS) is 18.5. The molecule has 0 spiro atoms. The predicted molar refractivity (Wildman–Crippen MR) is 55.5 cm³/mol. The molecule has 0 rings (SSSR count). The molecule has 0 amide bonds. The molecule has 0 aliphatic carbocycles. The Kier molecular flexibility index (Phi) is 3.95. The van der Waals surface area contributed by atoms with Crippen LogP contribution in [0.3, 0.4) is 0 Å². The second-order valence-corrected chi connectivity index (χ2v) is 5.97. The first-order valence-corrected chi connectivity index (χ1v) is 4.89. The fourth-order valence-electron chi connectivity index (χ4n) is 1.45. The van der Waals surface area contributed by atoms with Gasteiger partial charge in [0.1, 0.15) is 0 Å². The lowest BCUT2D eigenvalue weighted by Crippen LogP contribution is -2.42. The first-order chi connectivity index (χ1) is 5.60. The van der Waals surface area contributed by atoms with Crippen LogP contribution >= 0.6 is 0 Å². The van der Waals surface area contributed by atoms with E-state index < -0.39 is 6.10 Å². The Balaban J connectivity index is 4.61. The third-order valence-electron chi connectivity index (χ3n) is 2.58. The second kappa shape index (κ2) is 3.97. The van der Waals surface area contributed by atoms with E-state index in [0.29, 0.717) is 0 Å². The van der Waals surface area contributed by atoms with Gasteiger partial charge in [0.2, 0.25) is 0 Å². The van der Waals surface area contributed by atoms with E-state index in [1.54, 1.807) is 0 Å². The van der Waals surface area contributed by atoms with Gasteiger partial charge < -0.3 is 10.2 Å². The van der Waals surface area contributed by atoms with Crippen molar-refractivity contribution < 1.29 is 10.2 Å². The predicted octanol–water partition coefficient (Wildman–Crippen LogP) is 2.05. The molecule has 0 aromatic heterocycles. The Bertz CT molecular complexity index is 150. The molecule has 2 nitrogen and oxygen atoms in total. The quantitative estimate of drug-likeness (QED) is 0.696. The van der Waals surface area contributed by atoms with Crippen LogP contribution in [0.15, 0.2) is 0 Å². The molecule has 0 bridgehead atoms. The lowest BCUT2D eigenvalue weighted by molar-refractivity contribution is -0.0534. The number of hydrogen-bond acceptors (Lipinski definition) is 2. The summed E-state index contributed by atoms with van der Waals surface area (Å²) in [4.78, 5) is 0. The van der Waals surface area contributed by atoms with E-state index in [1.807, 2.05) is 41.5 Å². The lowest BCUT2D eigenvalue weighted by atomic mass is 9.70. The molecule has 0 heterocycles. The Morgan fingerprint density at radius 3 is 1.38 bits per heavy atom. The van der Waals surface area contributed by atoms with Gasteiger partial charge in [0.25, 0.3) is 0 Å². The smallest absolute Gasteiger partial charge is 0.0643 e. The zero-order valence-electron chi connectivity index (χ0n) is 9.76. The largest absolute Gasteiger partial charge is 0.396 e. The molecule has 0 aromatic rings. The van der Waals surface area contributed by atoms with Crippen molar-refractivity contribution in [1.29, 1.82) is 0 Å². The van der Waals surface area contributed by atoms with E-state index in [1.165, 1.54) is 0 Å². The summed E-state index contributed by atoms with van der Waals surface area (Å²) in [6.07, 6.45) is -0.461. The molecule has 2 unspecified atom stereocenters. The van der Waals surface area contributed by atoms with Crippen molar-refractivity contribution in [3.8, 4) is 0 Å². The summed E-state index contributed by atoms with van der Waals surface area (Å²) in [6, 6.07) is 0. The van der Waals surface area contributed by atoms with Crippen molar-refractivity contribution >= 4 is 0 Å². The lowest BCUT2D eigenvalue weighted by Gasteiger charge is -2.39. The van der Waals surface area contributed by atoms with Crippen molar-refractivity contribution in [2.45, 2.75) is 47.6 Å². The Hall–Kier alpha value is -0.0800. The fourth-order valence-corrected chi connectivity index (χ4v) is 1.45. The molecule has 0 aliphatic rings. The minimum absolute atomic E-state index is 0.0436. The molecule has 0 fully saturated rings. The Morgan fingerprint density at radius 1 is 0.923 bits per heavy atom. The fraction of sp³-hybridized carbons (Fsp3) is 1.00. The van der Waals surface area contributed by atoms with Gasteiger partial charge in [-0.15, -0.1) is 0 Å². The highest BCUT2D eigenvalue weighted by atomic mass is 16.3. The van der Waals surface area contributed by atoms with Gasteiger partial charge in [0.05, 0.1) is 6.10 Å². The molecule has 0 radical (unpaired) electrons. The van der Waals surface area contributed by atoms with Gasteiger partial charge >= 0.3 is 0 Å². The van der Waals surface area contributed by atoms with Crippen LogP contribution in [0.5, 0.6) is 0 Å². The van der Waals surface area contributed by atoms with Gasteiger partial charge in [-0.2, -0.15) is 0 Å². The minimum Gasteiger partial charge on any atom is -0.396 e. The molecule has 2 heteroatoms. The summed E-state index contributed by atoms with van der Waals surface area (Å²) in [5, 5.41) is 19.3. The maximum absolute atomic E-state index is 10.0. The van der Waals surface area contributed by atoms with Crippen LogP contribution in [0.25, 0.3) is 0 Å². The average molecular weight is 188 g/mol. The summed E-state index contributed by atoms with van der Waals surface area (Å²) in [5.41, 5.74) is -0.220. The molecular weight excluding hydrogens is 164 g/mol. The Labute approximate surface area is 82.0 Å². The molecule has 80 valence electrons. The highest BCUT2D eigenvalue weighted by Gasteiger charge is 2.36. The second-order valence-electron chi connectivity index (χ2n) is 5.97. The van der Waals surface area contributed by atoms with Gasteiger partial charge in [-0.1, -0.05) is 41.5 Å². The van der Waals surface area contributed by atoms with Crippen molar-refractivity contribution in [2.24, 2.45) is 16.7 Å². The number of hydrogen-bond donors (Lipinski definition) is 2. The van der Waals surface area contributed by atoms with Crippen LogP contribution in [0.1, 0.15) is 41.5 Å². The summed E-state index contributed by atoms with van der Waals surface area (Å²) in [6.45, 7) is 12.2. The zero-order chi connectivity index (χ0) is 10.9. The van der Waals surface area contributed by atoms with E-state index in [0.717, 1.165) is 0 Å². The third kappa shape index (κ3) is 3.65. The first-order valence-electron chi connectivity index (χ1n) is 4.89. The van der Waals surface area contributed by atoms with Gasteiger partial charge in [0, 0.05) is 12.5 Å². The minimum atomic E-state index is -0.461. The van der Waals surface area contributed by atoms with Crippen molar-refractivity contribution in [2.75, 3.05) is 6.61 Å². The monoisotopic (exact) mass is 188 g/mol.